The van der Waals surface area contributed by atoms with Crippen molar-refractivity contribution in [1.82, 2.24) is 0 Å². The van der Waals surface area contributed by atoms with E-state index in [1.165, 1.54) is 0 Å². The van der Waals surface area contributed by atoms with Gasteiger partial charge in [0.1, 0.15) is 11.5 Å². The number of hydrogen-bond acceptors (Lipinski definition) is 4. The van der Waals surface area contributed by atoms with Crippen molar-refractivity contribution in [3.8, 4) is 11.5 Å². The lowest BCUT2D eigenvalue weighted by atomic mass is 9.76. The molecule has 2 aromatic rings. The number of benzene rings is 2. The zero-order valence-corrected chi connectivity index (χ0v) is 13.6. The van der Waals surface area contributed by atoms with Gasteiger partial charge in [-0.15, -0.1) is 0 Å². The molecule has 0 spiro atoms. The maximum Gasteiger partial charge on any atom is 0.141 e. The third-order valence-electron chi connectivity index (χ3n) is 4.37. The van der Waals surface area contributed by atoms with Crippen LogP contribution in [-0.4, -0.2) is 10.2 Å². The molecule has 0 saturated carbocycles. The van der Waals surface area contributed by atoms with Gasteiger partial charge in [-0.1, -0.05) is 32.9 Å². The van der Waals surface area contributed by atoms with Crippen LogP contribution in [0.15, 0.2) is 24.3 Å². The molecular formula is C18H24N2O2. The van der Waals surface area contributed by atoms with Crippen molar-refractivity contribution in [3.63, 3.8) is 0 Å². The molecule has 0 aliphatic heterocycles. The lowest BCUT2D eigenvalue weighted by Gasteiger charge is -2.28. The fraction of sp³-hybridized carbons (Fsp3) is 0.333. The average Bonchev–Trinajstić information content (AvgIpc) is 2.46. The first-order valence-corrected chi connectivity index (χ1v) is 7.39. The summed E-state index contributed by atoms with van der Waals surface area (Å²) in [5.74, 6) is 0.280. The molecular weight excluding hydrogens is 276 g/mol. The number of aromatic hydroxyl groups is 2. The Labute approximate surface area is 131 Å². The Bertz CT molecular complexity index is 698. The van der Waals surface area contributed by atoms with E-state index in [2.05, 4.69) is 13.8 Å². The number of phenols is 2. The monoisotopic (exact) mass is 300 g/mol. The number of anilines is 2. The van der Waals surface area contributed by atoms with E-state index in [9.17, 15) is 10.2 Å². The second kappa shape index (κ2) is 5.44. The molecule has 0 saturated heterocycles. The first kappa shape index (κ1) is 16.0. The highest BCUT2D eigenvalue weighted by Crippen LogP contribution is 2.39. The van der Waals surface area contributed by atoms with Crippen LogP contribution in [0.5, 0.6) is 11.5 Å². The Hall–Kier alpha value is -2.36. The summed E-state index contributed by atoms with van der Waals surface area (Å²) >= 11 is 0. The molecule has 2 rings (SSSR count). The van der Waals surface area contributed by atoms with Crippen molar-refractivity contribution in [3.05, 3.63) is 46.5 Å². The first-order chi connectivity index (χ1) is 10.2. The minimum atomic E-state index is -0.349. The van der Waals surface area contributed by atoms with E-state index in [0.717, 1.165) is 22.3 Å². The van der Waals surface area contributed by atoms with Crippen LogP contribution >= 0.6 is 0 Å². The van der Waals surface area contributed by atoms with Crippen molar-refractivity contribution in [2.45, 2.75) is 39.5 Å². The molecule has 0 aliphatic rings. The van der Waals surface area contributed by atoms with E-state index in [0.29, 0.717) is 17.8 Å². The van der Waals surface area contributed by atoms with Gasteiger partial charge in [-0.05, 0) is 47.7 Å². The van der Waals surface area contributed by atoms with Crippen LogP contribution in [0, 0.1) is 6.92 Å². The zero-order chi connectivity index (χ0) is 16.7. The summed E-state index contributed by atoms with van der Waals surface area (Å²) in [6.07, 6.45) is 0.705. The highest BCUT2D eigenvalue weighted by atomic mass is 16.3. The fourth-order valence-corrected chi connectivity index (χ4v) is 2.68. The molecule has 0 radical (unpaired) electrons. The van der Waals surface area contributed by atoms with Crippen LogP contribution < -0.4 is 11.5 Å². The van der Waals surface area contributed by atoms with Gasteiger partial charge in [0.2, 0.25) is 0 Å². The molecule has 118 valence electrons. The van der Waals surface area contributed by atoms with E-state index in [4.69, 9.17) is 11.5 Å². The fourth-order valence-electron chi connectivity index (χ4n) is 2.68. The zero-order valence-electron chi connectivity index (χ0n) is 13.6. The third kappa shape index (κ3) is 2.56. The molecule has 22 heavy (non-hydrogen) atoms. The highest BCUT2D eigenvalue weighted by Gasteiger charge is 2.26. The molecule has 2 aromatic carbocycles. The summed E-state index contributed by atoms with van der Waals surface area (Å²) in [4.78, 5) is 0. The van der Waals surface area contributed by atoms with Crippen molar-refractivity contribution < 1.29 is 10.2 Å². The molecule has 0 bridgehead atoms. The van der Waals surface area contributed by atoms with Gasteiger partial charge in [0, 0.05) is 5.41 Å². The summed E-state index contributed by atoms with van der Waals surface area (Å²) < 4.78 is 0. The second-order valence-electron chi connectivity index (χ2n) is 6.28. The predicted octanol–water partition coefficient (Wildman–Crippen LogP) is 3.46. The third-order valence-corrected chi connectivity index (χ3v) is 4.37. The lowest BCUT2D eigenvalue weighted by Crippen LogP contribution is -2.20. The van der Waals surface area contributed by atoms with Gasteiger partial charge in [-0.2, -0.15) is 0 Å². The quantitative estimate of drug-likeness (QED) is 0.516. The number of hydrogen-bond donors (Lipinski definition) is 4. The minimum Gasteiger partial charge on any atom is -0.506 e. The van der Waals surface area contributed by atoms with Crippen LogP contribution in [0.1, 0.15) is 43.0 Å². The van der Waals surface area contributed by atoms with Crippen LogP contribution in [-0.2, 0) is 11.8 Å². The highest BCUT2D eigenvalue weighted by molar-refractivity contribution is 5.63. The van der Waals surface area contributed by atoms with Gasteiger partial charge in [-0.3, -0.25) is 0 Å². The van der Waals surface area contributed by atoms with Gasteiger partial charge in [0.15, 0.2) is 0 Å². The first-order valence-electron chi connectivity index (χ1n) is 7.39. The summed E-state index contributed by atoms with van der Waals surface area (Å²) in [7, 11) is 0. The maximum absolute atomic E-state index is 10.0. The van der Waals surface area contributed by atoms with Gasteiger partial charge in [0.25, 0.3) is 0 Å². The molecule has 0 aliphatic carbocycles. The van der Waals surface area contributed by atoms with Crippen LogP contribution in [0.25, 0.3) is 0 Å². The Kier molecular flexibility index (Phi) is 3.96. The Morgan fingerprint density at radius 3 is 1.91 bits per heavy atom. The van der Waals surface area contributed by atoms with Crippen LogP contribution in [0.2, 0.25) is 0 Å². The summed E-state index contributed by atoms with van der Waals surface area (Å²) in [5.41, 5.74) is 15.8. The van der Waals surface area contributed by atoms with Crippen molar-refractivity contribution in [2.24, 2.45) is 0 Å². The minimum absolute atomic E-state index is 0.124. The van der Waals surface area contributed by atoms with E-state index < -0.39 is 0 Å². The van der Waals surface area contributed by atoms with Crippen molar-refractivity contribution >= 4 is 11.4 Å². The molecule has 0 heterocycles. The molecule has 6 N–H and O–H groups in total. The Morgan fingerprint density at radius 1 is 0.909 bits per heavy atom. The van der Waals surface area contributed by atoms with Gasteiger partial charge >= 0.3 is 0 Å². The van der Waals surface area contributed by atoms with E-state index in [1.54, 1.807) is 12.1 Å². The molecule has 0 fully saturated rings. The van der Waals surface area contributed by atoms with Gasteiger partial charge < -0.3 is 21.7 Å². The van der Waals surface area contributed by atoms with Gasteiger partial charge in [0.05, 0.1) is 11.4 Å². The maximum atomic E-state index is 10.0. The smallest absolute Gasteiger partial charge is 0.141 e. The van der Waals surface area contributed by atoms with E-state index >= 15 is 0 Å². The summed E-state index contributed by atoms with van der Waals surface area (Å²) in [6.45, 7) is 7.95. The predicted molar refractivity (Wildman–Crippen MR) is 91.3 cm³/mol. The normalized spacial score (nSPS) is 11.6. The molecule has 0 atom stereocenters. The molecule has 0 unspecified atom stereocenters. The molecule has 4 nitrogen and oxygen atoms in total. The van der Waals surface area contributed by atoms with Gasteiger partial charge in [-0.25, -0.2) is 0 Å². The van der Waals surface area contributed by atoms with Crippen LogP contribution in [0.4, 0.5) is 11.4 Å². The lowest BCUT2D eigenvalue weighted by molar-refractivity contribution is 0.470. The average molecular weight is 300 g/mol. The van der Waals surface area contributed by atoms with E-state index in [-0.39, 0.29) is 16.9 Å². The number of phenolic OH excluding ortho intramolecular Hbond substituents is 2. The summed E-state index contributed by atoms with van der Waals surface area (Å²) in [6, 6.07) is 7.49. The number of rotatable bonds is 3. The standard InChI is InChI=1S/C18H24N2O2/c1-5-11-7-13(9-15(20)17(11)22)18(3,4)12-6-10(2)16(21)14(19)8-12/h6-9,21-22H,5,19-20H2,1-4H3. The molecule has 0 amide bonds. The topological polar surface area (TPSA) is 92.5 Å². The number of nitrogen functional groups attached to an aromatic ring is 2. The Morgan fingerprint density at radius 2 is 1.41 bits per heavy atom. The summed E-state index contributed by atoms with van der Waals surface area (Å²) in [5, 5.41) is 19.9. The molecule has 4 heteroatoms. The second-order valence-corrected chi connectivity index (χ2v) is 6.28. The largest absolute Gasteiger partial charge is 0.506 e. The van der Waals surface area contributed by atoms with Crippen molar-refractivity contribution in [2.75, 3.05) is 11.5 Å². The van der Waals surface area contributed by atoms with E-state index in [1.807, 2.05) is 26.0 Å². The number of aryl methyl sites for hydroxylation is 2. The van der Waals surface area contributed by atoms with Crippen LogP contribution in [0.3, 0.4) is 0 Å². The SMILES string of the molecule is CCc1cc(C(C)(C)c2cc(C)c(O)c(N)c2)cc(N)c1O. The molecule has 0 aromatic heterocycles. The van der Waals surface area contributed by atoms with Crippen molar-refractivity contribution in [1.29, 1.82) is 0 Å². The number of nitrogens with two attached hydrogens (primary N) is 2. The Balaban J connectivity index is 2.62.